The van der Waals surface area contributed by atoms with E-state index in [0.717, 1.165) is 38.0 Å². The lowest BCUT2D eigenvalue weighted by Crippen LogP contribution is -2.39. The number of benzene rings is 1. The van der Waals surface area contributed by atoms with Gasteiger partial charge in [0.25, 0.3) is 5.56 Å². The highest BCUT2D eigenvalue weighted by atomic mass is 16.2. The summed E-state index contributed by atoms with van der Waals surface area (Å²) in [5, 5.41) is 0. The second-order valence-electron chi connectivity index (χ2n) is 8.42. The molecule has 0 bridgehead atoms. The summed E-state index contributed by atoms with van der Waals surface area (Å²) in [5.74, 6) is 0.709. The largest absolute Gasteiger partial charge is 0.332 e. The van der Waals surface area contributed by atoms with E-state index in [1.54, 1.807) is 7.05 Å². The van der Waals surface area contributed by atoms with E-state index in [-0.39, 0.29) is 11.2 Å². The molecule has 0 unspecified atom stereocenters. The van der Waals surface area contributed by atoms with Crippen molar-refractivity contribution in [3.63, 3.8) is 0 Å². The Bertz CT molecular complexity index is 1320. The summed E-state index contributed by atoms with van der Waals surface area (Å²) >= 11 is 0. The van der Waals surface area contributed by atoms with Crippen LogP contribution in [0.4, 0.5) is 0 Å². The monoisotopic (exact) mass is 422 g/mol. The quantitative estimate of drug-likeness (QED) is 0.436. The predicted octanol–water partition coefficient (Wildman–Crippen LogP) is 2.04. The van der Waals surface area contributed by atoms with Crippen LogP contribution in [-0.2, 0) is 26.6 Å². The Kier molecular flexibility index (Phi) is 5.82. The molecule has 0 fully saturated rings. The van der Waals surface area contributed by atoms with Gasteiger partial charge >= 0.3 is 5.69 Å². The average molecular weight is 423 g/mol. The Morgan fingerprint density at radius 3 is 2.42 bits per heavy atom. The lowest BCUT2D eigenvalue weighted by molar-refractivity contribution is 0.387. The smallest absolute Gasteiger partial charge is 0.314 e. The fourth-order valence-electron chi connectivity index (χ4n) is 4.16. The van der Waals surface area contributed by atoms with Gasteiger partial charge in [0.05, 0.1) is 0 Å². The molecule has 0 N–H and O–H groups in total. The minimum Gasteiger partial charge on any atom is -0.314 e. The molecule has 0 atom stereocenters. The molecule has 164 valence electrons. The molecule has 0 spiro atoms. The number of hydrogen-bond acceptors (Lipinski definition) is 4. The average Bonchev–Trinajstić information content (AvgIpc) is 3.25. The van der Waals surface area contributed by atoms with Crippen molar-refractivity contribution in [2.75, 3.05) is 20.6 Å². The van der Waals surface area contributed by atoms with Gasteiger partial charge in [-0.15, -0.1) is 0 Å². The van der Waals surface area contributed by atoms with E-state index >= 15 is 0 Å². The molecule has 4 aromatic rings. The Hall–Kier alpha value is -3.13. The normalized spacial score (nSPS) is 11.9. The van der Waals surface area contributed by atoms with Crippen molar-refractivity contribution in [1.29, 1.82) is 0 Å². The first-order chi connectivity index (χ1) is 14.9. The summed E-state index contributed by atoms with van der Waals surface area (Å²) in [7, 11) is 5.80. The van der Waals surface area contributed by atoms with Gasteiger partial charge in [0, 0.05) is 32.0 Å². The zero-order chi connectivity index (χ0) is 22.1. The molecule has 0 radical (unpaired) electrons. The van der Waals surface area contributed by atoms with Gasteiger partial charge in [-0.2, -0.15) is 4.98 Å². The van der Waals surface area contributed by atoms with Gasteiger partial charge in [-0.1, -0.05) is 30.3 Å². The highest BCUT2D eigenvalue weighted by molar-refractivity contribution is 5.75. The minimum absolute atomic E-state index is 0.274. The molecule has 3 aromatic heterocycles. The summed E-state index contributed by atoms with van der Waals surface area (Å²) < 4.78 is 6.80. The van der Waals surface area contributed by atoms with Crippen LogP contribution in [0, 0.1) is 6.92 Å². The van der Waals surface area contributed by atoms with Crippen LogP contribution in [-0.4, -0.2) is 48.6 Å². The first-order valence-corrected chi connectivity index (χ1v) is 10.7. The van der Waals surface area contributed by atoms with Crippen LogP contribution in [0.25, 0.3) is 16.9 Å². The van der Waals surface area contributed by atoms with Crippen LogP contribution in [0.15, 0.2) is 46.1 Å². The number of fused-ring (bicyclic) bond motifs is 3. The van der Waals surface area contributed by atoms with Gasteiger partial charge in [-0.3, -0.25) is 18.3 Å². The number of rotatable bonds is 8. The summed E-state index contributed by atoms with van der Waals surface area (Å²) in [5.41, 5.74) is 2.56. The van der Waals surface area contributed by atoms with Crippen LogP contribution in [0.3, 0.4) is 0 Å². The highest BCUT2D eigenvalue weighted by Gasteiger charge is 2.20. The molecule has 31 heavy (non-hydrogen) atoms. The predicted molar refractivity (Wildman–Crippen MR) is 123 cm³/mol. The molecule has 0 aliphatic rings. The Balaban J connectivity index is 1.71. The second kappa shape index (κ2) is 8.55. The molecular formula is C23H30N6O2. The number of nitrogens with zero attached hydrogens (tertiary/aromatic N) is 6. The van der Waals surface area contributed by atoms with Crippen LogP contribution < -0.4 is 11.2 Å². The fourth-order valence-corrected chi connectivity index (χ4v) is 4.16. The third-order valence-corrected chi connectivity index (χ3v) is 5.82. The first kappa shape index (κ1) is 21.1. The summed E-state index contributed by atoms with van der Waals surface area (Å²) in [6.07, 6.45) is 4.46. The maximum atomic E-state index is 13.3. The summed E-state index contributed by atoms with van der Waals surface area (Å²) in [6.45, 7) is 4.18. The third-order valence-electron chi connectivity index (χ3n) is 5.82. The van der Waals surface area contributed by atoms with E-state index in [1.165, 1.54) is 14.7 Å². The summed E-state index contributed by atoms with van der Waals surface area (Å²) in [4.78, 5) is 33.1. The van der Waals surface area contributed by atoms with E-state index in [0.29, 0.717) is 23.5 Å². The number of aryl methyl sites for hydroxylation is 4. The molecule has 4 rings (SSSR count). The molecule has 8 nitrogen and oxygen atoms in total. The van der Waals surface area contributed by atoms with Crippen molar-refractivity contribution >= 4 is 16.9 Å². The lowest BCUT2D eigenvalue weighted by Gasteiger charge is -2.10. The van der Waals surface area contributed by atoms with Crippen molar-refractivity contribution in [2.24, 2.45) is 7.05 Å². The maximum absolute atomic E-state index is 13.3. The zero-order valence-corrected chi connectivity index (χ0v) is 18.7. The fraction of sp³-hybridized carbons (Fsp3) is 0.435. The van der Waals surface area contributed by atoms with Crippen LogP contribution in [0.1, 0.15) is 24.1 Å². The third kappa shape index (κ3) is 3.95. The van der Waals surface area contributed by atoms with E-state index in [4.69, 9.17) is 0 Å². The van der Waals surface area contributed by atoms with Crippen molar-refractivity contribution in [3.8, 4) is 0 Å². The molecule has 8 heteroatoms. The van der Waals surface area contributed by atoms with Gasteiger partial charge in [-0.25, -0.2) is 4.79 Å². The Labute approximate surface area is 181 Å². The van der Waals surface area contributed by atoms with Gasteiger partial charge < -0.3 is 9.47 Å². The molecule has 0 amide bonds. The lowest BCUT2D eigenvalue weighted by atomic mass is 10.1. The zero-order valence-electron chi connectivity index (χ0n) is 18.7. The molecule has 0 aliphatic heterocycles. The second-order valence-corrected chi connectivity index (χ2v) is 8.42. The van der Waals surface area contributed by atoms with Gasteiger partial charge in [0.15, 0.2) is 11.2 Å². The van der Waals surface area contributed by atoms with Crippen molar-refractivity contribution in [3.05, 3.63) is 68.6 Å². The standard InChI is InChI=1S/C23H30N6O2/c1-17-16-29-19-20(24-22(29)27(17)15-9-13-25(2)3)26(4)23(31)28(21(19)30)14-8-12-18-10-6-5-7-11-18/h5-7,10-11,16H,8-9,12-15H2,1-4H3. The number of imidazole rings is 2. The molecule has 0 saturated carbocycles. The van der Waals surface area contributed by atoms with Gasteiger partial charge in [0.1, 0.15) is 0 Å². The van der Waals surface area contributed by atoms with E-state index in [2.05, 4.69) is 40.7 Å². The van der Waals surface area contributed by atoms with Gasteiger partial charge in [-0.05, 0) is 52.4 Å². The first-order valence-electron chi connectivity index (χ1n) is 10.7. The topological polar surface area (TPSA) is 69.5 Å². The molecule has 3 heterocycles. The Morgan fingerprint density at radius 2 is 1.71 bits per heavy atom. The van der Waals surface area contributed by atoms with E-state index in [1.807, 2.05) is 35.7 Å². The highest BCUT2D eigenvalue weighted by Crippen LogP contribution is 2.16. The van der Waals surface area contributed by atoms with Crippen molar-refractivity contribution in [2.45, 2.75) is 39.3 Å². The van der Waals surface area contributed by atoms with Crippen LogP contribution in [0.2, 0.25) is 0 Å². The molecular weight excluding hydrogens is 392 g/mol. The molecule has 0 aliphatic carbocycles. The van der Waals surface area contributed by atoms with Crippen LogP contribution >= 0.6 is 0 Å². The SMILES string of the molecule is Cc1cn2c3c(=O)n(CCCc4ccccc4)c(=O)n(C)c3nc2n1CCCN(C)C. The molecule has 1 aromatic carbocycles. The number of aromatic nitrogens is 5. The minimum atomic E-state index is -0.317. The van der Waals surface area contributed by atoms with E-state index in [9.17, 15) is 9.59 Å². The van der Waals surface area contributed by atoms with Crippen molar-refractivity contribution in [1.82, 2.24) is 28.0 Å². The van der Waals surface area contributed by atoms with Crippen molar-refractivity contribution < 1.29 is 0 Å². The Morgan fingerprint density at radius 1 is 1.00 bits per heavy atom. The maximum Gasteiger partial charge on any atom is 0.332 e. The van der Waals surface area contributed by atoms with Crippen LogP contribution in [0.5, 0.6) is 0 Å². The number of hydrogen-bond donors (Lipinski definition) is 0. The summed E-state index contributed by atoms with van der Waals surface area (Å²) in [6, 6.07) is 10.1. The molecule has 0 saturated heterocycles. The van der Waals surface area contributed by atoms with Gasteiger partial charge in [0.2, 0.25) is 5.78 Å². The van der Waals surface area contributed by atoms with E-state index < -0.39 is 0 Å².